The molecule has 0 bridgehead atoms. The number of likely N-dealkylation sites (tertiary alicyclic amines) is 1. The van der Waals surface area contributed by atoms with Gasteiger partial charge in [-0.05, 0) is 114 Å². The van der Waals surface area contributed by atoms with Crippen molar-refractivity contribution in [1.82, 2.24) is 15.5 Å². The van der Waals surface area contributed by atoms with E-state index in [1.165, 1.54) is 44.0 Å². The van der Waals surface area contributed by atoms with E-state index in [-0.39, 0.29) is 0 Å². The van der Waals surface area contributed by atoms with Crippen LogP contribution in [0.4, 0.5) is 8.78 Å². The SMILES string of the molecule is C=CC.C=CNCCC(CC/C=C/c1cc(C)c(F)c(F)c1)C(CNC)N1CCC(CC)CC1.Cc1ccccc1. The number of aryl methyl sites for hydroxylation is 2. The topological polar surface area (TPSA) is 27.3 Å². The lowest BCUT2D eigenvalue weighted by Gasteiger charge is -2.41. The van der Waals surface area contributed by atoms with Gasteiger partial charge in [-0.3, -0.25) is 4.90 Å². The maximum absolute atomic E-state index is 13.7. The Hall–Kier alpha value is -2.76. The molecule has 0 aliphatic carbocycles. The highest BCUT2D eigenvalue weighted by atomic mass is 19.2. The number of rotatable bonds is 13. The molecule has 5 heteroatoms. The van der Waals surface area contributed by atoms with Crippen molar-refractivity contribution in [2.24, 2.45) is 11.8 Å². The highest BCUT2D eigenvalue weighted by Crippen LogP contribution is 2.27. The number of nitrogens with zero attached hydrogens (tertiary/aromatic N) is 1. The number of hydrogen-bond acceptors (Lipinski definition) is 3. The van der Waals surface area contributed by atoms with E-state index in [1.54, 1.807) is 25.3 Å². The zero-order chi connectivity index (χ0) is 30.5. The summed E-state index contributed by atoms with van der Waals surface area (Å²) in [7, 11) is 2.04. The Morgan fingerprint density at radius 1 is 1.05 bits per heavy atom. The lowest BCUT2D eigenvalue weighted by atomic mass is 9.86. The van der Waals surface area contributed by atoms with E-state index < -0.39 is 11.6 Å². The van der Waals surface area contributed by atoms with Crippen molar-refractivity contribution < 1.29 is 8.78 Å². The van der Waals surface area contributed by atoms with Crippen molar-refractivity contribution in [1.29, 1.82) is 0 Å². The third-order valence-electron chi connectivity index (χ3n) is 7.64. The zero-order valence-corrected chi connectivity index (χ0v) is 26.3. The summed E-state index contributed by atoms with van der Waals surface area (Å²) in [5, 5.41) is 6.68. The summed E-state index contributed by atoms with van der Waals surface area (Å²) in [5.74, 6) is -0.115. The largest absolute Gasteiger partial charge is 0.391 e. The molecule has 3 rings (SSSR count). The summed E-state index contributed by atoms with van der Waals surface area (Å²) in [4.78, 5) is 2.68. The van der Waals surface area contributed by atoms with E-state index >= 15 is 0 Å². The fraction of sp³-hybridized carbons (Fsp3) is 0.500. The predicted molar refractivity (Wildman–Crippen MR) is 175 cm³/mol. The molecule has 2 aromatic carbocycles. The molecule has 41 heavy (non-hydrogen) atoms. The smallest absolute Gasteiger partial charge is 0.161 e. The van der Waals surface area contributed by atoms with Gasteiger partial charge < -0.3 is 10.6 Å². The van der Waals surface area contributed by atoms with Crippen LogP contribution >= 0.6 is 0 Å². The number of piperidine rings is 1. The van der Waals surface area contributed by atoms with Crippen molar-refractivity contribution in [3.05, 3.63) is 102 Å². The molecule has 228 valence electrons. The van der Waals surface area contributed by atoms with E-state index in [0.29, 0.717) is 17.5 Å². The summed E-state index contributed by atoms with van der Waals surface area (Å²) in [6.07, 6.45) is 14.5. The molecule has 0 amide bonds. The van der Waals surface area contributed by atoms with Crippen molar-refractivity contribution in [3.8, 4) is 0 Å². The number of halogens is 2. The highest BCUT2D eigenvalue weighted by molar-refractivity contribution is 5.50. The first-order valence-electron chi connectivity index (χ1n) is 15.2. The van der Waals surface area contributed by atoms with Crippen LogP contribution in [0.5, 0.6) is 0 Å². The van der Waals surface area contributed by atoms with Gasteiger partial charge in [0.15, 0.2) is 11.6 Å². The Balaban J connectivity index is 0.000000709. The third kappa shape index (κ3) is 14.6. The molecule has 1 aliphatic heterocycles. The van der Waals surface area contributed by atoms with E-state index in [2.05, 4.69) is 60.7 Å². The maximum Gasteiger partial charge on any atom is 0.161 e. The van der Waals surface area contributed by atoms with Crippen LogP contribution in [0, 0.1) is 37.3 Å². The second kappa shape index (κ2) is 21.9. The summed E-state index contributed by atoms with van der Waals surface area (Å²) in [6.45, 7) is 19.3. The molecule has 1 saturated heterocycles. The average Bonchev–Trinajstić information content (AvgIpc) is 2.97. The molecule has 2 N–H and O–H groups in total. The molecule has 1 aliphatic rings. The van der Waals surface area contributed by atoms with Crippen molar-refractivity contribution >= 4 is 6.08 Å². The van der Waals surface area contributed by atoms with Gasteiger partial charge in [0.05, 0.1) is 0 Å². The van der Waals surface area contributed by atoms with Crippen LogP contribution in [0.3, 0.4) is 0 Å². The number of nitrogens with one attached hydrogen (secondary N) is 2. The van der Waals surface area contributed by atoms with Crippen LogP contribution in [0.15, 0.2) is 74.0 Å². The van der Waals surface area contributed by atoms with Crippen molar-refractivity contribution in [2.75, 3.05) is 33.2 Å². The van der Waals surface area contributed by atoms with Crippen LogP contribution in [0.1, 0.15) is 69.1 Å². The van der Waals surface area contributed by atoms with Gasteiger partial charge in [-0.1, -0.05) is 74.0 Å². The second-order valence-corrected chi connectivity index (χ2v) is 10.9. The van der Waals surface area contributed by atoms with E-state index in [0.717, 1.165) is 43.8 Å². The molecule has 0 aromatic heterocycles. The van der Waals surface area contributed by atoms with E-state index in [4.69, 9.17) is 0 Å². The van der Waals surface area contributed by atoms with E-state index in [1.807, 2.05) is 38.2 Å². The number of hydrogen-bond donors (Lipinski definition) is 2. The summed E-state index contributed by atoms with van der Waals surface area (Å²) < 4.78 is 27.2. The first kappa shape index (κ1) is 36.3. The minimum Gasteiger partial charge on any atom is -0.391 e. The van der Waals surface area contributed by atoms with Gasteiger partial charge >= 0.3 is 0 Å². The van der Waals surface area contributed by atoms with Gasteiger partial charge in [0.1, 0.15) is 0 Å². The first-order valence-corrected chi connectivity index (χ1v) is 15.2. The van der Waals surface area contributed by atoms with Crippen LogP contribution in [0.25, 0.3) is 6.08 Å². The van der Waals surface area contributed by atoms with Gasteiger partial charge in [0.25, 0.3) is 0 Å². The molecule has 0 radical (unpaired) electrons. The first-order chi connectivity index (χ1) is 19.8. The van der Waals surface area contributed by atoms with Crippen LogP contribution in [-0.4, -0.2) is 44.2 Å². The Labute approximate surface area is 249 Å². The summed E-state index contributed by atoms with van der Waals surface area (Å²) >= 11 is 0. The van der Waals surface area contributed by atoms with Gasteiger partial charge in [-0.15, -0.1) is 6.58 Å². The van der Waals surface area contributed by atoms with Crippen molar-refractivity contribution in [2.45, 2.75) is 72.3 Å². The minimum atomic E-state index is -0.780. The molecule has 3 nitrogen and oxygen atoms in total. The van der Waals surface area contributed by atoms with Crippen LogP contribution in [0.2, 0.25) is 0 Å². The fourth-order valence-electron chi connectivity index (χ4n) is 5.31. The summed E-state index contributed by atoms with van der Waals surface area (Å²) in [6, 6.07) is 13.7. The minimum absolute atomic E-state index is 0.345. The molecular formula is C36H55F2N3. The lowest BCUT2D eigenvalue weighted by Crippen LogP contribution is -2.50. The monoisotopic (exact) mass is 567 g/mol. The average molecular weight is 568 g/mol. The molecule has 0 saturated carbocycles. The lowest BCUT2D eigenvalue weighted by molar-refractivity contribution is 0.0869. The predicted octanol–water partition coefficient (Wildman–Crippen LogP) is 8.70. The van der Waals surface area contributed by atoms with Gasteiger partial charge in [0, 0.05) is 19.1 Å². The number of likely N-dealkylation sites (N-methyl/N-ethyl adjacent to an activating group) is 1. The molecular weight excluding hydrogens is 512 g/mol. The van der Waals surface area contributed by atoms with Crippen LogP contribution < -0.4 is 10.6 Å². The quantitative estimate of drug-likeness (QED) is 0.187. The van der Waals surface area contributed by atoms with Gasteiger partial charge in [-0.25, -0.2) is 8.78 Å². The molecule has 1 heterocycles. The fourth-order valence-corrected chi connectivity index (χ4v) is 5.31. The Morgan fingerprint density at radius 2 is 1.71 bits per heavy atom. The number of allylic oxidation sites excluding steroid dienone is 2. The van der Waals surface area contributed by atoms with Crippen molar-refractivity contribution in [3.63, 3.8) is 0 Å². The number of benzene rings is 2. The summed E-state index contributed by atoms with van der Waals surface area (Å²) in [5.41, 5.74) is 2.38. The zero-order valence-electron chi connectivity index (χ0n) is 26.3. The molecule has 2 atom stereocenters. The third-order valence-corrected chi connectivity index (χ3v) is 7.64. The highest BCUT2D eigenvalue weighted by Gasteiger charge is 2.29. The van der Waals surface area contributed by atoms with E-state index in [9.17, 15) is 8.78 Å². The molecule has 2 unspecified atom stereocenters. The van der Waals surface area contributed by atoms with Gasteiger partial charge in [-0.2, -0.15) is 0 Å². The molecule has 0 spiro atoms. The maximum atomic E-state index is 13.7. The Kier molecular flexibility index (Phi) is 19.4. The second-order valence-electron chi connectivity index (χ2n) is 10.9. The standard InChI is InChI=1S/C26H41F2N3.C7H8.C3H6/c1-5-21-12-15-31(16-13-21)25(19-29-4)23(11-14-30-6-2)10-8-7-9-22-17-20(3)26(28)24(27)18-22;1-7-5-3-2-4-6-7;1-3-2/h6-7,9,17-18,21,23,25,29-30H,2,5,8,10-16,19H2,1,3-4H3;2-6H,1H3;3H,1H2,2H3/b9-7+;;. The van der Waals surface area contributed by atoms with Gasteiger partial charge in [0.2, 0.25) is 0 Å². The molecule has 2 aromatic rings. The molecule has 1 fully saturated rings. The van der Waals surface area contributed by atoms with Crippen LogP contribution in [-0.2, 0) is 0 Å². The Morgan fingerprint density at radius 3 is 2.22 bits per heavy atom. The normalized spacial score (nSPS) is 15.2. The Bertz CT molecular complexity index is 974.